The molecule has 2 saturated heterocycles. The molecule has 4 rings (SSSR count). The number of aliphatic hydroxyl groups excluding tert-OH is 1. The van der Waals surface area contributed by atoms with Crippen molar-refractivity contribution >= 4 is 29.3 Å². The predicted molar refractivity (Wildman–Crippen MR) is 99.8 cm³/mol. The molecular weight excluding hydrogens is 362 g/mol. The van der Waals surface area contributed by atoms with Crippen LogP contribution < -0.4 is 10.2 Å². The Bertz CT molecular complexity index is 844. The molecule has 4 amide bonds. The molecule has 8 heteroatoms. The number of benzene rings is 1. The monoisotopic (exact) mass is 385 g/mol. The summed E-state index contributed by atoms with van der Waals surface area (Å²) in [5.41, 5.74) is 1.37. The average Bonchev–Trinajstić information content (AvgIpc) is 2.94. The van der Waals surface area contributed by atoms with Gasteiger partial charge in [-0.25, -0.2) is 0 Å². The highest BCUT2D eigenvalue weighted by Gasteiger charge is 2.46. The van der Waals surface area contributed by atoms with E-state index >= 15 is 0 Å². The summed E-state index contributed by atoms with van der Waals surface area (Å²) in [5, 5.41) is 11.3. The molecule has 1 unspecified atom stereocenters. The van der Waals surface area contributed by atoms with Crippen LogP contribution in [0.5, 0.6) is 0 Å². The van der Waals surface area contributed by atoms with Crippen LogP contribution in [-0.2, 0) is 9.59 Å². The third-order valence-corrected chi connectivity index (χ3v) is 5.94. The lowest BCUT2D eigenvalue weighted by Gasteiger charge is -2.34. The van der Waals surface area contributed by atoms with Crippen molar-refractivity contribution in [2.24, 2.45) is 5.92 Å². The van der Waals surface area contributed by atoms with Gasteiger partial charge in [-0.1, -0.05) is 6.07 Å². The van der Waals surface area contributed by atoms with Crippen LogP contribution in [0.3, 0.4) is 0 Å². The van der Waals surface area contributed by atoms with Crippen molar-refractivity contribution in [1.82, 2.24) is 10.2 Å². The minimum absolute atomic E-state index is 0.106. The quantitative estimate of drug-likeness (QED) is 0.739. The molecule has 0 aromatic heterocycles. The highest BCUT2D eigenvalue weighted by molar-refractivity contribution is 6.25. The Labute approximate surface area is 162 Å². The summed E-state index contributed by atoms with van der Waals surface area (Å²) < 4.78 is 0. The highest BCUT2D eigenvalue weighted by atomic mass is 16.3. The standard InChI is InChI=1S/C20H23N3O5/c24-11-8-12-6-9-22(10-7-12)14-3-1-2-13-17(14)20(28)23(19(13)27)15-4-5-16(25)21-18(15)26/h1-3,12,15,24H,4-11H2,(H,21,25,26). The van der Waals surface area contributed by atoms with Gasteiger partial charge in [-0.15, -0.1) is 0 Å². The van der Waals surface area contributed by atoms with Crippen LogP contribution >= 0.6 is 0 Å². The van der Waals surface area contributed by atoms with Gasteiger partial charge in [0.25, 0.3) is 11.8 Å². The Morgan fingerprint density at radius 3 is 2.46 bits per heavy atom. The Balaban J connectivity index is 1.60. The molecule has 8 nitrogen and oxygen atoms in total. The predicted octanol–water partition coefficient (Wildman–Crippen LogP) is 0.687. The first-order chi connectivity index (χ1) is 13.5. The van der Waals surface area contributed by atoms with Gasteiger partial charge in [0.15, 0.2) is 0 Å². The first kappa shape index (κ1) is 18.6. The van der Waals surface area contributed by atoms with Crippen molar-refractivity contribution in [3.8, 4) is 0 Å². The fraction of sp³-hybridized carbons (Fsp3) is 0.500. The van der Waals surface area contributed by atoms with E-state index < -0.39 is 23.8 Å². The second-order valence-electron chi connectivity index (χ2n) is 7.59. The molecule has 3 heterocycles. The molecule has 0 saturated carbocycles. The fourth-order valence-corrected chi connectivity index (χ4v) is 4.41. The maximum Gasteiger partial charge on any atom is 0.264 e. The van der Waals surface area contributed by atoms with Gasteiger partial charge in [0.1, 0.15) is 6.04 Å². The van der Waals surface area contributed by atoms with Crippen LogP contribution in [0.4, 0.5) is 5.69 Å². The zero-order valence-corrected chi connectivity index (χ0v) is 15.5. The number of imide groups is 2. The number of rotatable bonds is 4. The molecular formula is C20H23N3O5. The maximum absolute atomic E-state index is 13.1. The number of amides is 4. The van der Waals surface area contributed by atoms with Crippen LogP contribution in [0, 0.1) is 5.92 Å². The number of aliphatic hydroxyl groups is 1. The van der Waals surface area contributed by atoms with E-state index in [1.165, 1.54) is 0 Å². The van der Waals surface area contributed by atoms with E-state index in [1.54, 1.807) is 12.1 Å². The van der Waals surface area contributed by atoms with E-state index in [9.17, 15) is 19.2 Å². The Morgan fingerprint density at radius 2 is 1.79 bits per heavy atom. The summed E-state index contributed by atoms with van der Waals surface area (Å²) in [6, 6.07) is 4.26. The first-order valence-electron chi connectivity index (χ1n) is 9.71. The van der Waals surface area contributed by atoms with E-state index in [-0.39, 0.29) is 25.4 Å². The lowest BCUT2D eigenvalue weighted by molar-refractivity contribution is -0.136. The van der Waals surface area contributed by atoms with Crippen molar-refractivity contribution < 1.29 is 24.3 Å². The summed E-state index contributed by atoms with van der Waals surface area (Å²) in [6.07, 6.45) is 2.88. The molecule has 0 radical (unpaired) electrons. The van der Waals surface area contributed by atoms with Crippen LogP contribution in [0.15, 0.2) is 18.2 Å². The van der Waals surface area contributed by atoms with Gasteiger partial charge in [-0.05, 0) is 43.7 Å². The molecule has 148 valence electrons. The molecule has 3 aliphatic rings. The third-order valence-electron chi connectivity index (χ3n) is 5.94. The van der Waals surface area contributed by atoms with Crippen LogP contribution in [0.25, 0.3) is 0 Å². The van der Waals surface area contributed by atoms with E-state index in [2.05, 4.69) is 10.2 Å². The third kappa shape index (κ3) is 3.07. The number of carbonyl (C=O) groups excluding carboxylic acids is 4. The molecule has 0 spiro atoms. The van der Waals surface area contributed by atoms with Crippen molar-refractivity contribution in [3.63, 3.8) is 0 Å². The second-order valence-corrected chi connectivity index (χ2v) is 7.59. The minimum Gasteiger partial charge on any atom is -0.396 e. The average molecular weight is 385 g/mol. The molecule has 2 N–H and O–H groups in total. The van der Waals surface area contributed by atoms with Crippen LogP contribution in [-0.4, -0.2) is 59.4 Å². The number of nitrogens with zero attached hydrogens (tertiary/aromatic N) is 2. The summed E-state index contributed by atoms with van der Waals surface area (Å²) in [5.74, 6) is -1.47. The zero-order chi connectivity index (χ0) is 19.8. The second kappa shape index (κ2) is 7.35. The highest BCUT2D eigenvalue weighted by Crippen LogP contribution is 2.36. The van der Waals surface area contributed by atoms with Gasteiger partial charge in [-0.2, -0.15) is 0 Å². The smallest absolute Gasteiger partial charge is 0.264 e. The Morgan fingerprint density at radius 1 is 1.04 bits per heavy atom. The molecule has 3 aliphatic heterocycles. The molecule has 1 aromatic rings. The lowest BCUT2D eigenvalue weighted by Crippen LogP contribution is -2.54. The Hall–Kier alpha value is -2.74. The van der Waals surface area contributed by atoms with Gasteiger partial charge in [-0.3, -0.25) is 29.4 Å². The normalized spacial score (nSPS) is 23.2. The molecule has 0 aliphatic carbocycles. The molecule has 2 fully saturated rings. The largest absolute Gasteiger partial charge is 0.396 e. The van der Waals surface area contributed by atoms with E-state index in [1.807, 2.05) is 6.07 Å². The van der Waals surface area contributed by atoms with Crippen molar-refractivity contribution in [3.05, 3.63) is 29.3 Å². The van der Waals surface area contributed by atoms with Crippen molar-refractivity contribution in [1.29, 1.82) is 0 Å². The van der Waals surface area contributed by atoms with Gasteiger partial charge >= 0.3 is 0 Å². The van der Waals surface area contributed by atoms with Crippen LogP contribution in [0.2, 0.25) is 0 Å². The summed E-state index contributed by atoms with van der Waals surface area (Å²) in [4.78, 5) is 52.8. The van der Waals surface area contributed by atoms with Gasteiger partial charge in [0, 0.05) is 26.1 Å². The summed E-state index contributed by atoms with van der Waals surface area (Å²) in [6.45, 7) is 1.68. The summed E-state index contributed by atoms with van der Waals surface area (Å²) in [7, 11) is 0. The molecule has 1 atom stereocenters. The van der Waals surface area contributed by atoms with E-state index in [4.69, 9.17) is 5.11 Å². The number of hydrogen-bond donors (Lipinski definition) is 2. The molecule has 0 bridgehead atoms. The van der Waals surface area contributed by atoms with Crippen molar-refractivity contribution in [2.75, 3.05) is 24.6 Å². The maximum atomic E-state index is 13.1. The number of anilines is 1. The lowest BCUT2D eigenvalue weighted by atomic mass is 9.93. The Kier molecular flexibility index (Phi) is 4.89. The molecule has 1 aromatic carbocycles. The van der Waals surface area contributed by atoms with E-state index in [0.29, 0.717) is 22.7 Å². The number of nitrogens with one attached hydrogen (secondary N) is 1. The minimum atomic E-state index is -0.951. The van der Waals surface area contributed by atoms with Crippen molar-refractivity contribution in [2.45, 2.75) is 38.1 Å². The van der Waals surface area contributed by atoms with Gasteiger partial charge < -0.3 is 10.0 Å². The van der Waals surface area contributed by atoms with Gasteiger partial charge in [0.2, 0.25) is 11.8 Å². The number of hydrogen-bond acceptors (Lipinski definition) is 6. The summed E-state index contributed by atoms with van der Waals surface area (Å²) >= 11 is 0. The number of carbonyl (C=O) groups is 4. The van der Waals surface area contributed by atoms with Crippen LogP contribution in [0.1, 0.15) is 52.8 Å². The number of fused-ring (bicyclic) bond motifs is 1. The first-order valence-corrected chi connectivity index (χ1v) is 9.71. The molecule has 28 heavy (non-hydrogen) atoms. The van der Waals surface area contributed by atoms with Gasteiger partial charge in [0.05, 0.1) is 16.8 Å². The number of piperidine rings is 2. The zero-order valence-electron chi connectivity index (χ0n) is 15.5. The SMILES string of the molecule is O=C1CCC(N2C(=O)c3cccc(N4CCC(CCO)CC4)c3C2=O)C(=O)N1. The topological polar surface area (TPSA) is 107 Å². The van der Waals surface area contributed by atoms with E-state index in [0.717, 1.165) is 37.3 Å². The fourth-order valence-electron chi connectivity index (χ4n) is 4.41.